The van der Waals surface area contributed by atoms with Crippen molar-refractivity contribution in [3.05, 3.63) is 76.9 Å². The van der Waals surface area contributed by atoms with Crippen molar-refractivity contribution in [2.75, 3.05) is 11.9 Å². The van der Waals surface area contributed by atoms with Crippen LogP contribution in [0.25, 0.3) is 10.9 Å². The third-order valence-corrected chi connectivity index (χ3v) is 7.87. The minimum atomic E-state index is -4.36. The number of benzene rings is 2. The predicted octanol–water partition coefficient (Wildman–Crippen LogP) is 7.98. The highest BCUT2D eigenvalue weighted by molar-refractivity contribution is 7.13. The lowest BCUT2D eigenvalue weighted by molar-refractivity contribution is -0.138. The predicted molar refractivity (Wildman–Crippen MR) is 140 cm³/mol. The number of fused-ring (bicyclic) bond motifs is 1. The van der Waals surface area contributed by atoms with Crippen LogP contribution in [-0.4, -0.2) is 21.0 Å². The molecule has 0 saturated heterocycles. The number of rotatable bonds is 8. The van der Waals surface area contributed by atoms with Gasteiger partial charge in [-0.05, 0) is 48.6 Å². The molecule has 1 N–H and O–H groups in total. The molecule has 5 rings (SSSR count). The van der Waals surface area contributed by atoms with Crippen LogP contribution < -0.4 is 5.32 Å². The molecule has 0 spiro atoms. The number of hydrogen-bond acceptors (Lipinski definition) is 4. The van der Waals surface area contributed by atoms with E-state index in [0.717, 1.165) is 46.8 Å². The SMILES string of the molecule is Cn1ccc2c(Nc3nc(CN(Cc4ccccc4C(F)(F)F)CC4CCCCC4)cs3)cccc21. The first kappa shape index (κ1) is 24.8. The van der Waals surface area contributed by atoms with Gasteiger partial charge in [0.1, 0.15) is 0 Å². The number of aryl methyl sites for hydroxylation is 1. The molecule has 4 nitrogen and oxygen atoms in total. The lowest BCUT2D eigenvalue weighted by Gasteiger charge is -2.30. The first-order valence-corrected chi connectivity index (χ1v) is 13.4. The highest BCUT2D eigenvalue weighted by atomic mass is 32.1. The Balaban J connectivity index is 1.35. The van der Waals surface area contributed by atoms with Gasteiger partial charge in [-0.15, -0.1) is 11.3 Å². The number of alkyl halides is 3. The standard InChI is InChI=1S/C28H31F3N4S/c1-34-15-14-23-25(12-7-13-26(23)34)33-27-32-22(19-36-27)18-35(16-20-8-3-2-4-9-20)17-21-10-5-6-11-24(21)28(29,30)31/h5-7,10-15,19-20H,2-4,8-9,16-18H2,1H3,(H,32,33). The summed E-state index contributed by atoms with van der Waals surface area (Å²) in [4.78, 5) is 6.95. The van der Waals surface area contributed by atoms with E-state index in [2.05, 4.69) is 26.9 Å². The minimum absolute atomic E-state index is 0.260. The summed E-state index contributed by atoms with van der Waals surface area (Å²) in [6.45, 7) is 1.57. The van der Waals surface area contributed by atoms with E-state index in [4.69, 9.17) is 4.98 Å². The summed E-state index contributed by atoms with van der Waals surface area (Å²) < 4.78 is 43.1. The molecule has 0 atom stereocenters. The van der Waals surface area contributed by atoms with Crippen molar-refractivity contribution in [3.63, 3.8) is 0 Å². The van der Waals surface area contributed by atoms with E-state index < -0.39 is 11.7 Å². The topological polar surface area (TPSA) is 33.1 Å². The third kappa shape index (κ3) is 5.76. The largest absolute Gasteiger partial charge is 0.416 e. The Kier molecular flexibility index (Phi) is 7.34. The maximum absolute atomic E-state index is 13.7. The van der Waals surface area contributed by atoms with Gasteiger partial charge >= 0.3 is 6.18 Å². The molecule has 0 unspecified atom stereocenters. The smallest absolute Gasteiger partial charge is 0.350 e. The Bertz CT molecular complexity index is 1300. The summed E-state index contributed by atoms with van der Waals surface area (Å²) in [6, 6.07) is 14.2. The summed E-state index contributed by atoms with van der Waals surface area (Å²) in [5, 5.41) is 7.36. The van der Waals surface area contributed by atoms with Crippen LogP contribution in [-0.2, 0) is 26.3 Å². The molecule has 2 aromatic carbocycles. The fraction of sp³-hybridized carbons (Fsp3) is 0.393. The zero-order chi connectivity index (χ0) is 25.1. The molecule has 36 heavy (non-hydrogen) atoms. The number of halogens is 3. The molecule has 1 fully saturated rings. The quantitative estimate of drug-likeness (QED) is 0.260. The van der Waals surface area contributed by atoms with Gasteiger partial charge in [0, 0.05) is 54.8 Å². The van der Waals surface area contributed by atoms with Crippen LogP contribution in [0, 0.1) is 5.92 Å². The van der Waals surface area contributed by atoms with Gasteiger partial charge in [-0.3, -0.25) is 4.90 Å². The maximum Gasteiger partial charge on any atom is 0.416 e. The maximum atomic E-state index is 13.7. The van der Waals surface area contributed by atoms with Crippen molar-refractivity contribution in [1.82, 2.24) is 14.5 Å². The van der Waals surface area contributed by atoms with Crippen LogP contribution in [0.2, 0.25) is 0 Å². The monoisotopic (exact) mass is 512 g/mol. The van der Waals surface area contributed by atoms with E-state index in [1.165, 1.54) is 42.7 Å². The van der Waals surface area contributed by atoms with Crippen molar-refractivity contribution < 1.29 is 13.2 Å². The van der Waals surface area contributed by atoms with Crippen molar-refractivity contribution in [2.24, 2.45) is 13.0 Å². The molecule has 2 aromatic heterocycles. The van der Waals surface area contributed by atoms with Gasteiger partial charge in [0.15, 0.2) is 5.13 Å². The van der Waals surface area contributed by atoms with Crippen LogP contribution in [0.3, 0.4) is 0 Å². The molecular weight excluding hydrogens is 481 g/mol. The van der Waals surface area contributed by atoms with Crippen molar-refractivity contribution >= 4 is 33.1 Å². The van der Waals surface area contributed by atoms with Gasteiger partial charge in [-0.1, -0.05) is 43.5 Å². The van der Waals surface area contributed by atoms with Gasteiger partial charge in [-0.25, -0.2) is 4.98 Å². The number of hydrogen-bond donors (Lipinski definition) is 1. The molecule has 2 heterocycles. The molecule has 1 saturated carbocycles. The van der Waals surface area contributed by atoms with Crippen LogP contribution in [0.5, 0.6) is 0 Å². The summed E-state index contributed by atoms with van der Waals surface area (Å²) >= 11 is 1.53. The molecule has 0 amide bonds. The fourth-order valence-corrected chi connectivity index (χ4v) is 6.00. The summed E-state index contributed by atoms with van der Waals surface area (Å²) in [7, 11) is 2.02. The van der Waals surface area contributed by atoms with Crippen molar-refractivity contribution in [2.45, 2.75) is 51.4 Å². The Morgan fingerprint density at radius 1 is 1.03 bits per heavy atom. The number of aromatic nitrogens is 2. The van der Waals surface area contributed by atoms with Gasteiger partial charge in [0.2, 0.25) is 0 Å². The number of thiazole rings is 1. The van der Waals surface area contributed by atoms with Gasteiger partial charge < -0.3 is 9.88 Å². The zero-order valence-corrected chi connectivity index (χ0v) is 21.2. The van der Waals surface area contributed by atoms with Crippen molar-refractivity contribution in [3.8, 4) is 0 Å². The summed E-state index contributed by atoms with van der Waals surface area (Å²) in [5.74, 6) is 0.517. The molecule has 4 aromatic rings. The number of anilines is 2. The lowest BCUT2D eigenvalue weighted by atomic mass is 9.88. The number of nitrogens with one attached hydrogen (secondary N) is 1. The summed E-state index contributed by atoms with van der Waals surface area (Å²) in [6.07, 6.45) is 3.61. The molecule has 0 radical (unpaired) electrons. The highest BCUT2D eigenvalue weighted by Crippen LogP contribution is 2.34. The first-order chi connectivity index (χ1) is 17.4. The minimum Gasteiger partial charge on any atom is -0.350 e. The highest BCUT2D eigenvalue weighted by Gasteiger charge is 2.33. The normalized spacial score (nSPS) is 15.1. The van der Waals surface area contributed by atoms with E-state index >= 15 is 0 Å². The van der Waals surface area contributed by atoms with Crippen molar-refractivity contribution in [1.29, 1.82) is 0 Å². The Morgan fingerprint density at radius 2 is 1.83 bits per heavy atom. The molecule has 8 heteroatoms. The molecule has 0 aliphatic heterocycles. The molecule has 0 bridgehead atoms. The number of nitrogens with zero attached hydrogens (tertiary/aromatic N) is 3. The zero-order valence-electron chi connectivity index (χ0n) is 20.4. The Hall–Kier alpha value is -2.84. The molecule has 1 aliphatic carbocycles. The van der Waals surface area contributed by atoms with E-state index in [-0.39, 0.29) is 6.54 Å². The van der Waals surface area contributed by atoms with Gasteiger partial charge in [-0.2, -0.15) is 13.2 Å². The lowest BCUT2D eigenvalue weighted by Crippen LogP contribution is -2.31. The summed E-state index contributed by atoms with van der Waals surface area (Å²) in [5.41, 5.74) is 2.79. The second-order valence-corrected chi connectivity index (χ2v) is 10.6. The molecular formula is C28H31F3N4S. The van der Waals surface area contributed by atoms with Gasteiger partial charge in [0.25, 0.3) is 0 Å². The van der Waals surface area contributed by atoms with E-state index in [9.17, 15) is 13.2 Å². The first-order valence-electron chi connectivity index (χ1n) is 12.5. The molecule has 190 valence electrons. The van der Waals surface area contributed by atoms with Crippen LogP contribution >= 0.6 is 11.3 Å². The molecule has 1 aliphatic rings. The van der Waals surface area contributed by atoms with Crippen LogP contribution in [0.1, 0.15) is 48.9 Å². The Morgan fingerprint density at radius 3 is 2.64 bits per heavy atom. The fourth-order valence-electron chi connectivity index (χ4n) is 5.29. The Labute approximate surface area is 213 Å². The van der Waals surface area contributed by atoms with Crippen LogP contribution in [0.15, 0.2) is 60.1 Å². The third-order valence-electron chi connectivity index (χ3n) is 7.06. The second-order valence-electron chi connectivity index (χ2n) is 9.76. The van der Waals surface area contributed by atoms with E-state index in [1.807, 2.05) is 30.8 Å². The van der Waals surface area contributed by atoms with E-state index in [1.54, 1.807) is 12.1 Å². The van der Waals surface area contributed by atoms with Gasteiger partial charge in [0.05, 0.1) is 11.3 Å². The van der Waals surface area contributed by atoms with Crippen LogP contribution in [0.4, 0.5) is 24.0 Å². The average molecular weight is 513 g/mol. The van der Waals surface area contributed by atoms with E-state index in [0.29, 0.717) is 18.0 Å². The second kappa shape index (κ2) is 10.6. The average Bonchev–Trinajstić information content (AvgIpc) is 3.46.